The minimum absolute atomic E-state index is 0.430. The predicted molar refractivity (Wildman–Crippen MR) is 70.2 cm³/mol. The molecule has 1 aromatic heterocycles. The number of nitrogens with two attached hydrogens (primary N) is 1. The first-order valence-electron chi connectivity index (χ1n) is 5.82. The highest BCUT2D eigenvalue weighted by Gasteiger charge is 2.10. The Bertz CT molecular complexity index is 488. The van der Waals surface area contributed by atoms with Gasteiger partial charge in [-0.05, 0) is 18.2 Å². The van der Waals surface area contributed by atoms with Gasteiger partial charge in [-0.1, -0.05) is 18.2 Å². The number of benzene rings is 1. The van der Waals surface area contributed by atoms with E-state index >= 15 is 0 Å². The molecule has 94 valence electrons. The number of para-hydroxylation sites is 1. The Morgan fingerprint density at radius 1 is 1.22 bits per heavy atom. The molecule has 1 aromatic carbocycles. The molecule has 1 heterocycles. The van der Waals surface area contributed by atoms with Crippen LogP contribution < -0.4 is 10.5 Å². The van der Waals surface area contributed by atoms with Crippen LogP contribution in [0.5, 0.6) is 5.75 Å². The van der Waals surface area contributed by atoms with Gasteiger partial charge < -0.3 is 15.6 Å². The lowest BCUT2D eigenvalue weighted by Crippen LogP contribution is -2.07. The Kier molecular flexibility index (Phi) is 4.15. The number of hydrogen-bond acceptors (Lipinski definition) is 4. The predicted octanol–water partition coefficient (Wildman–Crippen LogP) is 2.17. The van der Waals surface area contributed by atoms with Gasteiger partial charge in [0.1, 0.15) is 5.75 Å². The van der Waals surface area contributed by atoms with Crippen LogP contribution in [0.25, 0.3) is 0 Å². The van der Waals surface area contributed by atoms with Gasteiger partial charge in [0.2, 0.25) is 0 Å². The van der Waals surface area contributed by atoms with Crippen molar-refractivity contribution >= 4 is 5.69 Å². The number of nitrogen functional groups attached to an aromatic ring is 1. The largest absolute Gasteiger partial charge is 0.493 e. The zero-order valence-corrected chi connectivity index (χ0v) is 9.99. The van der Waals surface area contributed by atoms with Gasteiger partial charge in [0.15, 0.2) is 0 Å². The van der Waals surface area contributed by atoms with E-state index in [2.05, 4.69) is 4.98 Å². The Morgan fingerprint density at radius 2 is 2.00 bits per heavy atom. The standard InChI is InChI=1S/C14H16N2O2/c15-13-6-8-16-10-12(13)14(17)7-9-18-11-4-2-1-3-5-11/h1-6,8,10,14,17H,7,9H2,(H2,15,16). The lowest BCUT2D eigenvalue weighted by molar-refractivity contribution is 0.141. The van der Waals surface area contributed by atoms with Crippen LogP contribution in [0.1, 0.15) is 18.1 Å². The number of hydrogen-bond donors (Lipinski definition) is 2. The fraction of sp³-hybridized carbons (Fsp3) is 0.214. The fourth-order valence-corrected chi connectivity index (χ4v) is 1.66. The summed E-state index contributed by atoms with van der Waals surface area (Å²) in [4.78, 5) is 3.95. The van der Waals surface area contributed by atoms with Gasteiger partial charge in [-0.15, -0.1) is 0 Å². The van der Waals surface area contributed by atoms with Gasteiger partial charge in [0, 0.05) is 30.1 Å². The van der Waals surface area contributed by atoms with E-state index in [-0.39, 0.29) is 0 Å². The number of pyridine rings is 1. The van der Waals surface area contributed by atoms with Crippen molar-refractivity contribution in [2.45, 2.75) is 12.5 Å². The normalized spacial score (nSPS) is 12.1. The molecule has 4 nitrogen and oxygen atoms in total. The van der Waals surface area contributed by atoms with Crippen molar-refractivity contribution in [1.29, 1.82) is 0 Å². The minimum atomic E-state index is -0.651. The van der Waals surface area contributed by atoms with Crippen LogP contribution in [0.4, 0.5) is 5.69 Å². The second-order valence-corrected chi connectivity index (χ2v) is 3.97. The molecule has 18 heavy (non-hydrogen) atoms. The molecule has 2 rings (SSSR count). The van der Waals surface area contributed by atoms with E-state index < -0.39 is 6.10 Å². The van der Waals surface area contributed by atoms with E-state index in [1.807, 2.05) is 30.3 Å². The Balaban J connectivity index is 1.86. The summed E-state index contributed by atoms with van der Waals surface area (Å²) in [6, 6.07) is 11.2. The van der Waals surface area contributed by atoms with Gasteiger partial charge in [-0.3, -0.25) is 4.98 Å². The molecule has 0 aliphatic rings. The molecule has 4 heteroatoms. The molecular formula is C14H16N2O2. The van der Waals surface area contributed by atoms with Crippen LogP contribution in [0.2, 0.25) is 0 Å². The topological polar surface area (TPSA) is 68.4 Å². The summed E-state index contributed by atoms with van der Waals surface area (Å²) in [7, 11) is 0. The van der Waals surface area contributed by atoms with Gasteiger partial charge in [-0.2, -0.15) is 0 Å². The highest BCUT2D eigenvalue weighted by atomic mass is 16.5. The molecule has 0 radical (unpaired) electrons. The number of nitrogens with zero attached hydrogens (tertiary/aromatic N) is 1. The molecule has 0 fully saturated rings. The van der Waals surface area contributed by atoms with Crippen LogP contribution in [0, 0.1) is 0 Å². The molecule has 1 unspecified atom stereocenters. The summed E-state index contributed by atoms with van der Waals surface area (Å²) in [5.74, 6) is 0.795. The molecule has 3 N–H and O–H groups in total. The van der Waals surface area contributed by atoms with Crippen molar-refractivity contribution in [3.05, 3.63) is 54.4 Å². The summed E-state index contributed by atoms with van der Waals surface area (Å²) in [5, 5.41) is 9.98. The highest BCUT2D eigenvalue weighted by molar-refractivity contribution is 5.45. The van der Waals surface area contributed by atoms with Crippen LogP contribution in [0.3, 0.4) is 0 Å². The van der Waals surface area contributed by atoms with E-state index in [9.17, 15) is 5.11 Å². The van der Waals surface area contributed by atoms with Crippen LogP contribution in [0.15, 0.2) is 48.8 Å². The molecule has 0 saturated carbocycles. The minimum Gasteiger partial charge on any atom is -0.493 e. The smallest absolute Gasteiger partial charge is 0.119 e. The molecule has 0 amide bonds. The summed E-state index contributed by atoms with van der Waals surface area (Å²) in [5.41, 5.74) is 6.96. The van der Waals surface area contributed by atoms with Gasteiger partial charge in [0.05, 0.1) is 12.7 Å². The quantitative estimate of drug-likeness (QED) is 0.845. The van der Waals surface area contributed by atoms with Crippen molar-refractivity contribution in [2.24, 2.45) is 0 Å². The highest BCUT2D eigenvalue weighted by Crippen LogP contribution is 2.21. The summed E-state index contributed by atoms with van der Waals surface area (Å²) in [6.45, 7) is 0.430. The monoisotopic (exact) mass is 244 g/mol. The summed E-state index contributed by atoms with van der Waals surface area (Å²) >= 11 is 0. The van der Waals surface area contributed by atoms with Gasteiger partial charge >= 0.3 is 0 Å². The summed E-state index contributed by atoms with van der Waals surface area (Å²) in [6.07, 6.45) is 3.02. The maximum absolute atomic E-state index is 9.98. The third kappa shape index (κ3) is 3.21. The SMILES string of the molecule is Nc1ccncc1C(O)CCOc1ccccc1. The average Bonchev–Trinajstić information content (AvgIpc) is 2.40. The second kappa shape index (κ2) is 6.02. The van der Waals surface area contributed by atoms with E-state index in [1.165, 1.54) is 0 Å². The van der Waals surface area contributed by atoms with Crippen molar-refractivity contribution in [1.82, 2.24) is 4.98 Å². The molecule has 0 aliphatic heterocycles. The lowest BCUT2D eigenvalue weighted by atomic mass is 10.1. The lowest BCUT2D eigenvalue weighted by Gasteiger charge is -2.13. The van der Waals surface area contributed by atoms with Crippen LogP contribution in [-0.4, -0.2) is 16.7 Å². The molecular weight excluding hydrogens is 228 g/mol. The number of anilines is 1. The Morgan fingerprint density at radius 3 is 2.72 bits per heavy atom. The maximum atomic E-state index is 9.98. The van der Waals surface area contributed by atoms with E-state index in [0.717, 1.165) is 5.75 Å². The molecule has 1 atom stereocenters. The zero-order valence-electron chi connectivity index (χ0n) is 9.99. The van der Waals surface area contributed by atoms with Gasteiger partial charge in [-0.25, -0.2) is 0 Å². The van der Waals surface area contributed by atoms with Crippen molar-refractivity contribution in [3.63, 3.8) is 0 Å². The first-order chi connectivity index (χ1) is 8.77. The summed E-state index contributed by atoms with van der Waals surface area (Å²) < 4.78 is 5.52. The third-order valence-electron chi connectivity index (χ3n) is 2.65. The van der Waals surface area contributed by atoms with Crippen molar-refractivity contribution < 1.29 is 9.84 Å². The molecule has 0 saturated heterocycles. The number of aliphatic hydroxyl groups is 1. The first-order valence-corrected chi connectivity index (χ1v) is 5.82. The van der Waals surface area contributed by atoms with Crippen molar-refractivity contribution in [2.75, 3.05) is 12.3 Å². The molecule has 0 aliphatic carbocycles. The Labute approximate surface area is 106 Å². The number of ether oxygens (including phenoxy) is 1. The molecule has 0 bridgehead atoms. The average molecular weight is 244 g/mol. The van der Waals surface area contributed by atoms with E-state index in [4.69, 9.17) is 10.5 Å². The molecule has 2 aromatic rings. The number of aromatic nitrogens is 1. The van der Waals surface area contributed by atoms with Crippen LogP contribution >= 0.6 is 0 Å². The maximum Gasteiger partial charge on any atom is 0.119 e. The number of rotatable bonds is 5. The zero-order chi connectivity index (χ0) is 12.8. The van der Waals surface area contributed by atoms with Crippen LogP contribution in [-0.2, 0) is 0 Å². The number of aliphatic hydroxyl groups excluding tert-OH is 1. The van der Waals surface area contributed by atoms with E-state index in [1.54, 1.807) is 18.5 Å². The molecule has 0 spiro atoms. The van der Waals surface area contributed by atoms with Crippen molar-refractivity contribution in [3.8, 4) is 5.75 Å². The first kappa shape index (κ1) is 12.4. The Hall–Kier alpha value is -2.07. The van der Waals surface area contributed by atoms with E-state index in [0.29, 0.717) is 24.3 Å². The fourth-order valence-electron chi connectivity index (χ4n) is 1.66. The van der Waals surface area contributed by atoms with Gasteiger partial charge in [0.25, 0.3) is 0 Å². The second-order valence-electron chi connectivity index (χ2n) is 3.97. The third-order valence-corrected chi connectivity index (χ3v) is 2.65.